The van der Waals surface area contributed by atoms with Gasteiger partial charge in [0.1, 0.15) is 11.9 Å². The van der Waals surface area contributed by atoms with Crippen molar-refractivity contribution in [3.8, 4) is 0 Å². The van der Waals surface area contributed by atoms with Gasteiger partial charge in [-0.1, -0.05) is 22.0 Å². The van der Waals surface area contributed by atoms with Crippen LogP contribution in [0.15, 0.2) is 34.8 Å². The van der Waals surface area contributed by atoms with Gasteiger partial charge in [-0.2, -0.15) is 0 Å². The smallest absolute Gasteiger partial charge is 0.257 e. The normalized spacial score (nSPS) is 16.7. The Kier molecular flexibility index (Phi) is 8.18. The molecule has 1 saturated heterocycles. The number of rotatable bonds is 3. The molecule has 0 radical (unpaired) electrons. The number of hydrogen-bond donors (Lipinski definition) is 3. The van der Waals surface area contributed by atoms with Crippen LogP contribution in [0.5, 0.6) is 0 Å². The zero-order valence-electron chi connectivity index (χ0n) is 13.1. The second kappa shape index (κ2) is 9.39. The number of nitrogens with one attached hydrogen (secondary N) is 3. The lowest BCUT2D eigenvalue weighted by Gasteiger charge is -2.26. The molecule has 132 valence electrons. The minimum atomic E-state index is -0.217. The Bertz CT molecular complexity index is 697. The SMILES string of the molecule is CN(NC(=O)[C@@H]1CCCNN1)c1ccc2ccc(Br)cc2n1.Cl.Cl. The number of hydrazine groups is 2. The van der Waals surface area contributed by atoms with Crippen LogP contribution in [0, 0.1) is 0 Å². The van der Waals surface area contributed by atoms with E-state index in [1.165, 1.54) is 0 Å². The van der Waals surface area contributed by atoms with Crippen LogP contribution in [0.1, 0.15) is 12.8 Å². The molecule has 0 spiro atoms. The van der Waals surface area contributed by atoms with Crippen molar-refractivity contribution in [3.05, 3.63) is 34.8 Å². The first-order valence-corrected chi connectivity index (χ1v) is 8.02. The van der Waals surface area contributed by atoms with E-state index in [2.05, 4.69) is 37.2 Å². The van der Waals surface area contributed by atoms with E-state index in [1.54, 1.807) is 12.1 Å². The van der Waals surface area contributed by atoms with Crippen molar-refractivity contribution in [2.45, 2.75) is 18.9 Å². The highest BCUT2D eigenvalue weighted by molar-refractivity contribution is 9.10. The first kappa shape index (κ1) is 20.9. The Balaban J connectivity index is 0.00000144. The summed E-state index contributed by atoms with van der Waals surface area (Å²) in [6.45, 7) is 0.890. The predicted molar refractivity (Wildman–Crippen MR) is 105 cm³/mol. The van der Waals surface area contributed by atoms with Crippen LogP contribution < -0.4 is 21.3 Å². The second-order valence-corrected chi connectivity index (χ2v) is 6.22. The summed E-state index contributed by atoms with van der Waals surface area (Å²) in [6, 6.07) is 9.62. The molecule has 24 heavy (non-hydrogen) atoms. The minimum absolute atomic E-state index is 0. The number of hydrogen-bond acceptors (Lipinski definition) is 5. The molecule has 1 aliphatic rings. The summed E-state index contributed by atoms with van der Waals surface area (Å²) in [5, 5.41) is 2.71. The first-order chi connectivity index (χ1) is 10.6. The van der Waals surface area contributed by atoms with Crippen molar-refractivity contribution in [2.24, 2.45) is 0 Å². The number of aromatic nitrogens is 1. The maximum absolute atomic E-state index is 12.2. The number of carbonyl (C=O) groups excluding carboxylic acids is 1. The third kappa shape index (κ3) is 4.94. The third-order valence-corrected chi connectivity index (χ3v) is 4.14. The number of halogens is 3. The second-order valence-electron chi connectivity index (χ2n) is 5.31. The number of amides is 1. The standard InChI is InChI=1S/C15H18BrN5O.2ClH/c1-21(20-15(22)12-3-2-8-17-19-12)14-7-5-10-4-6-11(16)9-13(10)18-14;;/h4-7,9,12,17,19H,2-3,8H2,1H3,(H,20,22);2*1H/t12-;;/m0../s1. The summed E-state index contributed by atoms with van der Waals surface area (Å²) in [7, 11) is 1.79. The number of nitrogens with zero attached hydrogens (tertiary/aromatic N) is 2. The van der Waals surface area contributed by atoms with Gasteiger partial charge in [-0.25, -0.2) is 10.4 Å². The molecule has 1 aromatic carbocycles. The van der Waals surface area contributed by atoms with Crippen LogP contribution in [0.2, 0.25) is 0 Å². The van der Waals surface area contributed by atoms with E-state index < -0.39 is 0 Å². The van der Waals surface area contributed by atoms with Crippen LogP contribution in [-0.4, -0.2) is 30.5 Å². The van der Waals surface area contributed by atoms with E-state index >= 15 is 0 Å². The molecule has 1 aromatic heterocycles. The van der Waals surface area contributed by atoms with Crippen LogP contribution in [0.3, 0.4) is 0 Å². The van der Waals surface area contributed by atoms with Crippen molar-refractivity contribution in [2.75, 3.05) is 18.6 Å². The summed E-state index contributed by atoms with van der Waals surface area (Å²) in [6.07, 6.45) is 1.81. The molecule has 0 bridgehead atoms. The van der Waals surface area contributed by atoms with Gasteiger partial charge in [-0.05, 0) is 37.1 Å². The molecular weight excluding hydrogens is 417 g/mol. The summed E-state index contributed by atoms with van der Waals surface area (Å²) in [4.78, 5) is 16.8. The van der Waals surface area contributed by atoms with Crippen LogP contribution in [0.4, 0.5) is 5.82 Å². The molecule has 1 aliphatic heterocycles. The number of carbonyl (C=O) groups is 1. The summed E-state index contributed by atoms with van der Waals surface area (Å²) >= 11 is 3.45. The maximum Gasteiger partial charge on any atom is 0.257 e. The van der Waals surface area contributed by atoms with Crippen LogP contribution in [-0.2, 0) is 4.79 Å². The molecule has 2 aromatic rings. The molecule has 1 atom stereocenters. The number of anilines is 1. The lowest BCUT2D eigenvalue weighted by molar-refractivity contribution is -0.124. The Labute approximate surface area is 161 Å². The van der Waals surface area contributed by atoms with Gasteiger partial charge in [0.2, 0.25) is 0 Å². The zero-order chi connectivity index (χ0) is 15.5. The molecule has 0 aliphatic carbocycles. The van der Waals surface area contributed by atoms with E-state index in [0.717, 1.165) is 34.8 Å². The van der Waals surface area contributed by atoms with Gasteiger partial charge in [-0.15, -0.1) is 24.8 Å². The van der Waals surface area contributed by atoms with Crippen molar-refractivity contribution < 1.29 is 4.79 Å². The fourth-order valence-corrected chi connectivity index (χ4v) is 2.77. The highest BCUT2D eigenvalue weighted by Gasteiger charge is 2.21. The highest BCUT2D eigenvalue weighted by atomic mass is 79.9. The fraction of sp³-hybridized carbons (Fsp3) is 0.333. The maximum atomic E-state index is 12.2. The summed E-state index contributed by atoms with van der Waals surface area (Å²) in [5.41, 5.74) is 9.75. The van der Waals surface area contributed by atoms with Crippen molar-refractivity contribution in [1.82, 2.24) is 21.3 Å². The van der Waals surface area contributed by atoms with Gasteiger partial charge in [0.15, 0.2) is 0 Å². The minimum Gasteiger partial charge on any atom is -0.271 e. The Morgan fingerprint density at radius 3 is 2.79 bits per heavy atom. The Morgan fingerprint density at radius 2 is 2.08 bits per heavy atom. The monoisotopic (exact) mass is 435 g/mol. The van der Waals surface area contributed by atoms with Crippen molar-refractivity contribution in [1.29, 1.82) is 0 Å². The zero-order valence-corrected chi connectivity index (χ0v) is 16.3. The van der Waals surface area contributed by atoms with Crippen LogP contribution in [0.25, 0.3) is 10.9 Å². The van der Waals surface area contributed by atoms with Gasteiger partial charge in [0.25, 0.3) is 5.91 Å². The van der Waals surface area contributed by atoms with Gasteiger partial charge in [0, 0.05) is 23.5 Å². The van der Waals surface area contributed by atoms with Crippen LogP contribution >= 0.6 is 40.7 Å². The van der Waals surface area contributed by atoms with E-state index in [1.807, 2.05) is 30.3 Å². The highest BCUT2D eigenvalue weighted by Crippen LogP contribution is 2.20. The largest absolute Gasteiger partial charge is 0.271 e. The Morgan fingerprint density at radius 1 is 1.33 bits per heavy atom. The third-order valence-electron chi connectivity index (χ3n) is 3.65. The number of benzene rings is 1. The summed E-state index contributed by atoms with van der Waals surface area (Å²) < 4.78 is 0.980. The molecule has 2 heterocycles. The Hall–Kier alpha value is -1.12. The molecule has 3 rings (SSSR count). The van der Waals surface area contributed by atoms with E-state index in [9.17, 15) is 4.79 Å². The lowest BCUT2D eigenvalue weighted by atomic mass is 10.1. The predicted octanol–water partition coefficient (Wildman–Crippen LogP) is 2.56. The topological polar surface area (TPSA) is 69.3 Å². The molecule has 1 fully saturated rings. The molecular formula is C15H20BrCl2N5O. The quantitative estimate of drug-likeness (QED) is 0.645. The van der Waals surface area contributed by atoms with Crippen molar-refractivity contribution in [3.63, 3.8) is 0 Å². The first-order valence-electron chi connectivity index (χ1n) is 7.22. The average molecular weight is 437 g/mol. The fourth-order valence-electron chi connectivity index (χ4n) is 2.43. The van der Waals surface area contributed by atoms with Gasteiger partial charge >= 0.3 is 0 Å². The lowest BCUT2D eigenvalue weighted by Crippen LogP contribution is -2.56. The van der Waals surface area contributed by atoms with Gasteiger partial charge in [0.05, 0.1) is 5.52 Å². The van der Waals surface area contributed by atoms with E-state index in [-0.39, 0.29) is 36.8 Å². The summed E-state index contributed by atoms with van der Waals surface area (Å²) in [5.74, 6) is 0.633. The number of fused-ring (bicyclic) bond motifs is 1. The molecule has 9 heteroatoms. The van der Waals surface area contributed by atoms with Gasteiger partial charge < -0.3 is 0 Å². The van der Waals surface area contributed by atoms with E-state index in [0.29, 0.717) is 5.82 Å². The number of pyridine rings is 1. The molecule has 0 unspecified atom stereocenters. The molecule has 3 N–H and O–H groups in total. The average Bonchev–Trinajstić information content (AvgIpc) is 2.54. The molecule has 1 amide bonds. The molecule has 6 nitrogen and oxygen atoms in total. The van der Waals surface area contributed by atoms with E-state index in [4.69, 9.17) is 0 Å². The van der Waals surface area contributed by atoms with Gasteiger partial charge in [-0.3, -0.25) is 20.7 Å². The molecule has 0 saturated carbocycles. The van der Waals surface area contributed by atoms with Crippen molar-refractivity contribution >= 4 is 63.4 Å².